The van der Waals surface area contributed by atoms with E-state index in [2.05, 4.69) is 74.6 Å². The Labute approximate surface area is 116 Å². The summed E-state index contributed by atoms with van der Waals surface area (Å²) in [7, 11) is 0. The van der Waals surface area contributed by atoms with E-state index in [0.29, 0.717) is 6.04 Å². The molecule has 0 aliphatic rings. The highest BCUT2D eigenvalue weighted by Crippen LogP contribution is 2.20. The lowest BCUT2D eigenvalue weighted by atomic mass is 9.97. The summed E-state index contributed by atoms with van der Waals surface area (Å²) in [6.45, 7) is 7.46. The van der Waals surface area contributed by atoms with Crippen molar-refractivity contribution in [3.8, 4) is 0 Å². The van der Waals surface area contributed by atoms with Crippen molar-refractivity contribution < 1.29 is 0 Å². The van der Waals surface area contributed by atoms with Crippen LogP contribution < -0.4 is 5.32 Å². The number of aryl methyl sites for hydroxylation is 2. The lowest BCUT2D eigenvalue weighted by Gasteiger charge is -2.19. The predicted molar refractivity (Wildman–Crippen MR) is 82.5 cm³/mol. The Balaban J connectivity index is 2.21. The third-order valence-corrected chi connectivity index (χ3v) is 3.42. The van der Waals surface area contributed by atoms with Crippen molar-refractivity contribution in [2.45, 2.75) is 33.2 Å². The molecule has 0 saturated heterocycles. The monoisotopic (exact) mass is 253 g/mol. The van der Waals surface area contributed by atoms with E-state index in [4.69, 9.17) is 0 Å². The third kappa shape index (κ3) is 3.93. The summed E-state index contributed by atoms with van der Waals surface area (Å²) in [6, 6.07) is 18.0. The fourth-order valence-corrected chi connectivity index (χ4v) is 2.52. The van der Waals surface area contributed by atoms with Crippen LogP contribution in [-0.4, -0.2) is 6.54 Å². The normalized spacial score (nSPS) is 12.4. The van der Waals surface area contributed by atoms with Gasteiger partial charge in [0.05, 0.1) is 0 Å². The van der Waals surface area contributed by atoms with Crippen molar-refractivity contribution in [1.29, 1.82) is 0 Å². The van der Waals surface area contributed by atoms with Crippen LogP contribution in [0.3, 0.4) is 0 Å². The maximum atomic E-state index is 3.59. The second-order valence-corrected chi connectivity index (χ2v) is 5.22. The highest BCUT2D eigenvalue weighted by Gasteiger charge is 2.11. The largest absolute Gasteiger partial charge is 0.310 e. The molecule has 100 valence electrons. The Morgan fingerprint density at radius 1 is 0.947 bits per heavy atom. The molecule has 1 nitrogen and oxygen atoms in total. The van der Waals surface area contributed by atoms with Gasteiger partial charge in [0, 0.05) is 6.04 Å². The highest BCUT2D eigenvalue weighted by molar-refractivity contribution is 5.29. The van der Waals surface area contributed by atoms with Crippen LogP contribution in [0, 0.1) is 13.8 Å². The highest BCUT2D eigenvalue weighted by atomic mass is 14.9. The van der Waals surface area contributed by atoms with Crippen LogP contribution in [0.5, 0.6) is 0 Å². The molecule has 1 unspecified atom stereocenters. The van der Waals surface area contributed by atoms with Crippen LogP contribution in [0.15, 0.2) is 48.5 Å². The second kappa shape index (κ2) is 6.53. The van der Waals surface area contributed by atoms with Gasteiger partial charge in [-0.05, 0) is 37.9 Å². The van der Waals surface area contributed by atoms with E-state index in [1.807, 2.05) is 0 Å². The van der Waals surface area contributed by atoms with Gasteiger partial charge < -0.3 is 5.32 Å². The van der Waals surface area contributed by atoms with Gasteiger partial charge in [-0.3, -0.25) is 0 Å². The number of benzene rings is 2. The third-order valence-electron chi connectivity index (χ3n) is 3.42. The Bertz CT molecular complexity index is 531. The van der Waals surface area contributed by atoms with Gasteiger partial charge in [0.1, 0.15) is 0 Å². The zero-order valence-electron chi connectivity index (χ0n) is 12.1. The van der Waals surface area contributed by atoms with Crippen molar-refractivity contribution in [2.75, 3.05) is 6.54 Å². The molecule has 2 aromatic rings. The average molecular weight is 253 g/mol. The van der Waals surface area contributed by atoms with Crippen LogP contribution in [0.25, 0.3) is 0 Å². The van der Waals surface area contributed by atoms with Crippen LogP contribution in [-0.2, 0) is 6.42 Å². The van der Waals surface area contributed by atoms with Crippen LogP contribution in [0.4, 0.5) is 0 Å². The lowest BCUT2D eigenvalue weighted by molar-refractivity contribution is 0.549. The Kier molecular flexibility index (Phi) is 4.75. The van der Waals surface area contributed by atoms with E-state index in [0.717, 1.165) is 13.0 Å². The molecule has 0 bridgehead atoms. The van der Waals surface area contributed by atoms with Crippen molar-refractivity contribution in [3.05, 3.63) is 70.8 Å². The van der Waals surface area contributed by atoms with E-state index in [-0.39, 0.29) is 0 Å². The maximum absolute atomic E-state index is 3.59. The molecule has 0 aliphatic heterocycles. The summed E-state index contributed by atoms with van der Waals surface area (Å²) >= 11 is 0. The van der Waals surface area contributed by atoms with Gasteiger partial charge in [-0.2, -0.15) is 0 Å². The summed E-state index contributed by atoms with van der Waals surface area (Å²) in [5.41, 5.74) is 5.43. The minimum Gasteiger partial charge on any atom is -0.310 e. The van der Waals surface area contributed by atoms with E-state index < -0.39 is 0 Å². The van der Waals surface area contributed by atoms with Crippen molar-refractivity contribution in [2.24, 2.45) is 0 Å². The van der Waals surface area contributed by atoms with Gasteiger partial charge in [-0.15, -0.1) is 0 Å². The molecule has 2 rings (SSSR count). The number of nitrogens with one attached hydrogen (secondary N) is 1. The summed E-state index contributed by atoms with van der Waals surface area (Å²) < 4.78 is 0. The first-order chi connectivity index (χ1) is 9.19. The molecule has 0 fully saturated rings. The minimum atomic E-state index is 0.395. The zero-order valence-corrected chi connectivity index (χ0v) is 12.1. The van der Waals surface area contributed by atoms with Gasteiger partial charge in [0.2, 0.25) is 0 Å². The molecule has 0 aromatic heterocycles. The van der Waals surface area contributed by atoms with Crippen LogP contribution in [0.1, 0.15) is 35.2 Å². The average Bonchev–Trinajstić information content (AvgIpc) is 2.38. The fourth-order valence-electron chi connectivity index (χ4n) is 2.52. The molecule has 0 spiro atoms. The number of hydrogen-bond acceptors (Lipinski definition) is 1. The fraction of sp³-hybridized carbons (Fsp3) is 0.333. The minimum absolute atomic E-state index is 0.395. The van der Waals surface area contributed by atoms with Gasteiger partial charge in [-0.1, -0.05) is 66.6 Å². The van der Waals surface area contributed by atoms with Gasteiger partial charge in [-0.25, -0.2) is 0 Å². The number of hydrogen-bond donors (Lipinski definition) is 1. The van der Waals surface area contributed by atoms with Gasteiger partial charge in [0.15, 0.2) is 0 Å². The molecular formula is C18H23N. The topological polar surface area (TPSA) is 12.0 Å². The molecule has 0 amide bonds. The molecule has 2 aromatic carbocycles. The second-order valence-electron chi connectivity index (χ2n) is 5.22. The first-order valence-electron chi connectivity index (χ1n) is 7.04. The summed E-state index contributed by atoms with van der Waals surface area (Å²) in [5, 5.41) is 3.59. The maximum Gasteiger partial charge on any atom is 0.0360 e. The standard InChI is InChI=1S/C18H23N/c1-4-19-18(17-10-6-8-15(3)12-17)13-16-9-5-7-14(2)11-16/h5-12,18-19H,4,13H2,1-3H3. The summed E-state index contributed by atoms with van der Waals surface area (Å²) in [5.74, 6) is 0. The van der Waals surface area contributed by atoms with Crippen molar-refractivity contribution in [3.63, 3.8) is 0 Å². The molecule has 19 heavy (non-hydrogen) atoms. The van der Waals surface area contributed by atoms with Gasteiger partial charge in [0.25, 0.3) is 0 Å². The summed E-state index contributed by atoms with van der Waals surface area (Å²) in [6.07, 6.45) is 1.04. The Morgan fingerprint density at radius 3 is 2.26 bits per heavy atom. The molecule has 0 heterocycles. The molecule has 0 saturated carbocycles. The molecule has 0 radical (unpaired) electrons. The molecular weight excluding hydrogens is 230 g/mol. The smallest absolute Gasteiger partial charge is 0.0360 e. The lowest BCUT2D eigenvalue weighted by Crippen LogP contribution is -2.23. The number of rotatable bonds is 5. The molecule has 1 N–H and O–H groups in total. The van der Waals surface area contributed by atoms with Crippen LogP contribution in [0.2, 0.25) is 0 Å². The van der Waals surface area contributed by atoms with E-state index >= 15 is 0 Å². The van der Waals surface area contributed by atoms with E-state index in [1.54, 1.807) is 0 Å². The zero-order chi connectivity index (χ0) is 13.7. The van der Waals surface area contributed by atoms with Gasteiger partial charge >= 0.3 is 0 Å². The predicted octanol–water partition coefficient (Wildman–Crippen LogP) is 4.20. The Morgan fingerprint density at radius 2 is 1.63 bits per heavy atom. The van der Waals surface area contributed by atoms with Crippen molar-refractivity contribution >= 4 is 0 Å². The first-order valence-corrected chi connectivity index (χ1v) is 7.04. The van der Waals surface area contributed by atoms with Crippen LogP contribution >= 0.6 is 0 Å². The molecule has 1 atom stereocenters. The quantitative estimate of drug-likeness (QED) is 0.842. The first kappa shape index (κ1) is 13.8. The van der Waals surface area contributed by atoms with Crippen molar-refractivity contribution in [1.82, 2.24) is 5.32 Å². The molecule has 1 heteroatoms. The molecule has 0 aliphatic carbocycles. The Hall–Kier alpha value is -1.60. The van der Waals surface area contributed by atoms with E-state index in [1.165, 1.54) is 22.3 Å². The SMILES string of the molecule is CCNC(Cc1cccc(C)c1)c1cccc(C)c1. The summed E-state index contributed by atoms with van der Waals surface area (Å²) in [4.78, 5) is 0. The number of likely N-dealkylation sites (N-methyl/N-ethyl adjacent to an activating group) is 1. The van der Waals surface area contributed by atoms with E-state index in [9.17, 15) is 0 Å².